The summed E-state index contributed by atoms with van der Waals surface area (Å²) in [7, 11) is -1.73. The molecule has 31 heavy (non-hydrogen) atoms. The Morgan fingerprint density at radius 2 is 1.74 bits per heavy atom. The summed E-state index contributed by atoms with van der Waals surface area (Å²) in [4.78, 5) is 0.425. The Balaban J connectivity index is 1.47. The minimum absolute atomic E-state index is 0.123. The van der Waals surface area contributed by atoms with E-state index in [-0.39, 0.29) is 18.0 Å². The summed E-state index contributed by atoms with van der Waals surface area (Å²) in [6, 6.07) is 14.8. The van der Waals surface area contributed by atoms with Gasteiger partial charge < -0.3 is 5.32 Å². The van der Waals surface area contributed by atoms with Crippen molar-refractivity contribution < 1.29 is 8.42 Å². The van der Waals surface area contributed by atoms with Crippen molar-refractivity contribution in [2.75, 3.05) is 12.4 Å². The SMILES string of the molecule is Cc1ccc(C2Nc3ccc(S(=O)(=O)N(C)C4CCCCC4)cc3C3C=CCC32)cc1. The van der Waals surface area contributed by atoms with Crippen molar-refractivity contribution in [3.8, 4) is 0 Å². The predicted molar refractivity (Wildman–Crippen MR) is 126 cm³/mol. The lowest BCUT2D eigenvalue weighted by Gasteiger charge is -2.38. The van der Waals surface area contributed by atoms with E-state index < -0.39 is 10.0 Å². The number of nitrogens with one attached hydrogen (secondary N) is 1. The molecule has 0 radical (unpaired) electrons. The Bertz CT molecular complexity index is 1080. The van der Waals surface area contributed by atoms with E-state index in [1.807, 2.05) is 12.1 Å². The molecule has 3 unspecified atom stereocenters. The van der Waals surface area contributed by atoms with Crippen LogP contribution in [0.4, 0.5) is 5.69 Å². The third kappa shape index (κ3) is 3.72. The monoisotopic (exact) mass is 436 g/mol. The van der Waals surface area contributed by atoms with Crippen LogP contribution in [0.2, 0.25) is 0 Å². The predicted octanol–water partition coefficient (Wildman–Crippen LogP) is 5.77. The Hall–Kier alpha value is -2.11. The van der Waals surface area contributed by atoms with E-state index in [4.69, 9.17) is 0 Å². The number of sulfonamides is 1. The molecule has 164 valence electrons. The number of fused-ring (bicyclic) bond motifs is 3. The number of benzene rings is 2. The molecule has 0 bridgehead atoms. The maximum absolute atomic E-state index is 13.4. The highest BCUT2D eigenvalue weighted by Crippen LogP contribution is 2.50. The molecule has 1 heterocycles. The normalized spacial score (nSPS) is 25.8. The van der Waals surface area contributed by atoms with Crippen LogP contribution in [0.5, 0.6) is 0 Å². The molecule has 2 aliphatic carbocycles. The van der Waals surface area contributed by atoms with E-state index in [1.165, 1.54) is 17.5 Å². The number of rotatable bonds is 4. The molecule has 1 fully saturated rings. The summed E-state index contributed by atoms with van der Waals surface area (Å²) in [5, 5.41) is 3.73. The molecular weight excluding hydrogens is 404 g/mol. The van der Waals surface area contributed by atoms with Crippen molar-refractivity contribution in [1.82, 2.24) is 4.31 Å². The van der Waals surface area contributed by atoms with Crippen LogP contribution in [0.15, 0.2) is 59.5 Å². The summed E-state index contributed by atoms with van der Waals surface area (Å²) in [6.45, 7) is 2.11. The van der Waals surface area contributed by atoms with E-state index in [0.29, 0.717) is 10.8 Å². The second kappa shape index (κ2) is 8.10. The standard InChI is InChI=1S/C26H32N2O2S/c1-18-11-13-19(14-12-18)26-23-10-6-9-22(23)24-17-21(15-16-25(24)27-26)31(29,30)28(2)20-7-4-3-5-8-20/h6,9,11-17,20,22-23,26-27H,3-5,7-8,10H2,1-2H3. The molecule has 3 aliphatic rings. The van der Waals surface area contributed by atoms with E-state index in [2.05, 4.69) is 48.7 Å². The van der Waals surface area contributed by atoms with Gasteiger partial charge in [-0.2, -0.15) is 4.31 Å². The number of nitrogens with zero attached hydrogens (tertiary/aromatic N) is 1. The van der Waals surface area contributed by atoms with E-state index >= 15 is 0 Å². The van der Waals surface area contributed by atoms with Crippen LogP contribution in [0, 0.1) is 12.8 Å². The number of allylic oxidation sites excluding steroid dienone is 2. The highest BCUT2D eigenvalue weighted by atomic mass is 32.2. The molecule has 5 rings (SSSR count). The minimum atomic E-state index is -3.49. The molecule has 5 heteroatoms. The van der Waals surface area contributed by atoms with Crippen molar-refractivity contribution in [2.45, 2.75) is 68.3 Å². The van der Waals surface area contributed by atoms with Gasteiger partial charge in [0, 0.05) is 24.7 Å². The zero-order chi connectivity index (χ0) is 21.6. The number of anilines is 1. The first-order valence-electron chi connectivity index (χ1n) is 11.6. The highest BCUT2D eigenvalue weighted by Gasteiger charge is 2.39. The first kappa shape index (κ1) is 20.8. The molecule has 2 aromatic carbocycles. The van der Waals surface area contributed by atoms with Gasteiger partial charge in [0.2, 0.25) is 10.0 Å². The Morgan fingerprint density at radius 1 is 1.00 bits per heavy atom. The van der Waals surface area contributed by atoms with Gasteiger partial charge in [-0.15, -0.1) is 0 Å². The van der Waals surface area contributed by atoms with Crippen molar-refractivity contribution in [3.63, 3.8) is 0 Å². The quantitative estimate of drug-likeness (QED) is 0.619. The maximum Gasteiger partial charge on any atom is 0.243 e. The third-order valence-corrected chi connectivity index (χ3v) is 9.44. The van der Waals surface area contributed by atoms with Gasteiger partial charge in [0.1, 0.15) is 0 Å². The summed E-state index contributed by atoms with van der Waals surface area (Å²) in [6.07, 6.45) is 10.9. The Labute approximate surface area is 186 Å². The zero-order valence-corrected chi connectivity index (χ0v) is 19.2. The largest absolute Gasteiger partial charge is 0.378 e. The molecule has 0 amide bonds. The molecule has 4 nitrogen and oxygen atoms in total. The molecule has 1 saturated carbocycles. The van der Waals surface area contributed by atoms with E-state index in [9.17, 15) is 8.42 Å². The van der Waals surface area contributed by atoms with Gasteiger partial charge >= 0.3 is 0 Å². The van der Waals surface area contributed by atoms with Crippen molar-refractivity contribution >= 4 is 15.7 Å². The number of hydrogen-bond acceptors (Lipinski definition) is 3. The van der Waals surface area contributed by atoms with Crippen LogP contribution in [0.1, 0.15) is 67.2 Å². The molecule has 0 spiro atoms. The van der Waals surface area contributed by atoms with Gasteiger partial charge in [-0.05, 0) is 61.4 Å². The second-order valence-electron chi connectivity index (χ2n) is 9.45. The molecule has 0 aromatic heterocycles. The van der Waals surface area contributed by atoms with Crippen molar-refractivity contribution in [2.24, 2.45) is 5.92 Å². The summed E-state index contributed by atoms with van der Waals surface area (Å²) in [5.41, 5.74) is 4.72. The van der Waals surface area contributed by atoms with Crippen LogP contribution in [0.3, 0.4) is 0 Å². The first-order chi connectivity index (χ1) is 14.9. The van der Waals surface area contributed by atoms with Gasteiger partial charge in [-0.25, -0.2) is 8.42 Å². The second-order valence-corrected chi connectivity index (χ2v) is 11.4. The molecular formula is C26H32N2O2S. The van der Waals surface area contributed by atoms with E-state index in [1.54, 1.807) is 17.4 Å². The van der Waals surface area contributed by atoms with Gasteiger partial charge in [0.05, 0.1) is 10.9 Å². The molecule has 0 saturated heterocycles. The van der Waals surface area contributed by atoms with Crippen LogP contribution in [-0.4, -0.2) is 25.8 Å². The third-order valence-electron chi connectivity index (χ3n) is 7.54. The highest BCUT2D eigenvalue weighted by molar-refractivity contribution is 7.89. The van der Waals surface area contributed by atoms with Crippen molar-refractivity contribution in [3.05, 3.63) is 71.3 Å². The lowest BCUT2D eigenvalue weighted by molar-refractivity contribution is 0.286. The van der Waals surface area contributed by atoms with Gasteiger partial charge in [0.15, 0.2) is 0 Å². The summed E-state index contributed by atoms with van der Waals surface area (Å²) in [5.74, 6) is 0.655. The minimum Gasteiger partial charge on any atom is -0.378 e. The average molecular weight is 437 g/mol. The van der Waals surface area contributed by atoms with Gasteiger partial charge in [-0.1, -0.05) is 61.2 Å². The van der Waals surface area contributed by atoms with E-state index in [0.717, 1.165) is 43.4 Å². The fourth-order valence-corrected chi connectivity index (χ4v) is 7.10. The Morgan fingerprint density at radius 3 is 2.48 bits per heavy atom. The zero-order valence-electron chi connectivity index (χ0n) is 18.4. The van der Waals surface area contributed by atoms with Gasteiger partial charge in [0.25, 0.3) is 0 Å². The lowest BCUT2D eigenvalue weighted by atomic mass is 9.77. The Kier molecular flexibility index (Phi) is 5.43. The van der Waals surface area contributed by atoms with Crippen LogP contribution < -0.4 is 5.32 Å². The topological polar surface area (TPSA) is 49.4 Å². The van der Waals surface area contributed by atoms with Crippen LogP contribution in [-0.2, 0) is 10.0 Å². The summed E-state index contributed by atoms with van der Waals surface area (Å²) < 4.78 is 28.5. The smallest absolute Gasteiger partial charge is 0.243 e. The van der Waals surface area contributed by atoms with Crippen molar-refractivity contribution in [1.29, 1.82) is 0 Å². The lowest BCUT2D eigenvalue weighted by Crippen LogP contribution is -2.38. The molecule has 1 aliphatic heterocycles. The maximum atomic E-state index is 13.4. The first-order valence-corrected chi connectivity index (χ1v) is 13.0. The molecule has 3 atom stereocenters. The molecule has 2 aromatic rings. The van der Waals surface area contributed by atoms with Crippen LogP contribution >= 0.6 is 0 Å². The summed E-state index contributed by atoms with van der Waals surface area (Å²) >= 11 is 0. The number of aryl methyl sites for hydroxylation is 1. The average Bonchev–Trinajstić information content (AvgIpc) is 3.29. The number of hydrogen-bond donors (Lipinski definition) is 1. The molecule has 1 N–H and O–H groups in total. The van der Waals surface area contributed by atoms with Crippen LogP contribution in [0.25, 0.3) is 0 Å². The van der Waals surface area contributed by atoms with Gasteiger partial charge in [-0.3, -0.25) is 0 Å². The fourth-order valence-electron chi connectivity index (χ4n) is 5.64. The fraction of sp³-hybridized carbons (Fsp3) is 0.462.